The number of aliphatic hydroxyl groups is 1. The Balaban J connectivity index is 2.22. The molecule has 1 N–H and O–H groups in total. The fourth-order valence-corrected chi connectivity index (χ4v) is 3.87. The van der Waals surface area contributed by atoms with E-state index in [2.05, 4.69) is 0 Å². The van der Waals surface area contributed by atoms with Crippen LogP contribution in [0.2, 0.25) is 0 Å². The molecule has 1 aliphatic rings. The number of Topliss-reactive ketones (excluding diaryl/α,β-unsaturated/α-hetero) is 1. The lowest BCUT2D eigenvalue weighted by molar-refractivity contribution is -0.140. The molecule has 7 heteroatoms. The van der Waals surface area contributed by atoms with Crippen LogP contribution < -0.4 is 9.47 Å². The summed E-state index contributed by atoms with van der Waals surface area (Å²) in [5.41, 5.74) is 1.83. The lowest BCUT2D eigenvalue weighted by Gasteiger charge is -2.27. The van der Waals surface area contributed by atoms with Gasteiger partial charge in [0.25, 0.3) is 11.7 Å². The van der Waals surface area contributed by atoms with Gasteiger partial charge < -0.3 is 24.2 Å². The van der Waals surface area contributed by atoms with Crippen LogP contribution in [0, 0.1) is 6.92 Å². The first-order valence-electron chi connectivity index (χ1n) is 10.5. The van der Waals surface area contributed by atoms with Crippen LogP contribution in [0.5, 0.6) is 11.5 Å². The highest BCUT2D eigenvalue weighted by atomic mass is 16.5. The number of carbonyl (C=O) groups is 2. The van der Waals surface area contributed by atoms with Crippen molar-refractivity contribution in [3.8, 4) is 11.5 Å². The molecule has 0 radical (unpaired) electrons. The summed E-state index contributed by atoms with van der Waals surface area (Å²) in [6.07, 6.45) is -0.110. The third-order valence-corrected chi connectivity index (χ3v) is 5.34. The highest BCUT2D eigenvalue weighted by molar-refractivity contribution is 6.46. The second-order valence-electron chi connectivity index (χ2n) is 7.87. The topological polar surface area (TPSA) is 85.3 Å². The van der Waals surface area contributed by atoms with Crippen LogP contribution in [0.15, 0.2) is 48.0 Å². The van der Waals surface area contributed by atoms with Crippen molar-refractivity contribution in [2.75, 3.05) is 27.4 Å². The number of methoxy groups -OCH3 is 2. The second kappa shape index (κ2) is 9.87. The zero-order valence-corrected chi connectivity index (χ0v) is 19.0. The van der Waals surface area contributed by atoms with Gasteiger partial charge in [-0.2, -0.15) is 0 Å². The zero-order chi connectivity index (χ0) is 23.4. The van der Waals surface area contributed by atoms with E-state index in [1.165, 1.54) is 12.0 Å². The third kappa shape index (κ3) is 4.48. The first-order valence-corrected chi connectivity index (χ1v) is 10.5. The molecule has 2 aromatic carbocycles. The minimum Gasteiger partial charge on any atom is -0.507 e. The number of ether oxygens (including phenoxy) is 3. The minimum absolute atomic E-state index is 0.0270. The fourth-order valence-electron chi connectivity index (χ4n) is 3.87. The molecule has 3 rings (SSSR count). The molecule has 1 saturated heterocycles. The molecule has 1 unspecified atom stereocenters. The molecule has 0 aliphatic carbocycles. The van der Waals surface area contributed by atoms with Gasteiger partial charge in [-0.15, -0.1) is 0 Å². The highest BCUT2D eigenvalue weighted by Gasteiger charge is 2.47. The number of hydrogen-bond acceptors (Lipinski definition) is 6. The van der Waals surface area contributed by atoms with E-state index >= 15 is 0 Å². The predicted octanol–water partition coefficient (Wildman–Crippen LogP) is 3.86. The summed E-state index contributed by atoms with van der Waals surface area (Å²) >= 11 is 0. The number of hydrogen-bond donors (Lipinski definition) is 1. The van der Waals surface area contributed by atoms with Crippen molar-refractivity contribution in [1.82, 2.24) is 4.90 Å². The Labute approximate surface area is 188 Å². The average molecular weight is 440 g/mol. The number of carbonyl (C=O) groups excluding carboxylic acids is 2. The molecule has 1 amide bonds. The number of likely N-dealkylation sites (tertiary alicyclic amines) is 1. The number of amides is 1. The largest absolute Gasteiger partial charge is 0.507 e. The molecule has 1 aliphatic heterocycles. The number of benzene rings is 2. The van der Waals surface area contributed by atoms with E-state index in [1.807, 2.05) is 39.0 Å². The quantitative estimate of drug-likeness (QED) is 0.382. The summed E-state index contributed by atoms with van der Waals surface area (Å²) < 4.78 is 16.4. The van der Waals surface area contributed by atoms with E-state index in [9.17, 15) is 14.7 Å². The predicted molar refractivity (Wildman–Crippen MR) is 121 cm³/mol. The summed E-state index contributed by atoms with van der Waals surface area (Å²) in [5, 5.41) is 11.3. The number of rotatable bonds is 8. The molecule has 32 heavy (non-hydrogen) atoms. The van der Waals surface area contributed by atoms with Gasteiger partial charge >= 0.3 is 0 Å². The Morgan fingerprint density at radius 1 is 1.12 bits per heavy atom. The smallest absolute Gasteiger partial charge is 0.295 e. The van der Waals surface area contributed by atoms with E-state index in [0.29, 0.717) is 22.6 Å². The first-order chi connectivity index (χ1) is 15.3. The van der Waals surface area contributed by atoms with Crippen LogP contribution in [-0.2, 0) is 14.3 Å². The minimum atomic E-state index is -0.804. The number of para-hydroxylation sites is 1. The second-order valence-corrected chi connectivity index (χ2v) is 7.87. The van der Waals surface area contributed by atoms with E-state index in [4.69, 9.17) is 14.2 Å². The number of nitrogens with zero attached hydrogens (tertiary/aromatic N) is 1. The zero-order valence-electron chi connectivity index (χ0n) is 19.0. The van der Waals surface area contributed by atoms with Crippen molar-refractivity contribution in [2.45, 2.75) is 32.9 Å². The molecule has 2 aromatic rings. The monoisotopic (exact) mass is 439 g/mol. The van der Waals surface area contributed by atoms with Gasteiger partial charge in [-0.05, 0) is 50.6 Å². The maximum atomic E-state index is 13.1. The Hall–Kier alpha value is -3.32. The SMILES string of the molecule is COCCN1C(=O)C(=O)/C(=C(\O)c2ccc(OC)cc2C)C1c1ccccc1OC(C)C. The summed E-state index contributed by atoms with van der Waals surface area (Å²) in [7, 11) is 3.09. The lowest BCUT2D eigenvalue weighted by Crippen LogP contribution is -2.33. The van der Waals surface area contributed by atoms with Crippen LogP contribution in [0.4, 0.5) is 0 Å². The van der Waals surface area contributed by atoms with E-state index < -0.39 is 17.7 Å². The fraction of sp³-hybridized carbons (Fsp3) is 0.360. The molecule has 0 spiro atoms. The lowest BCUT2D eigenvalue weighted by atomic mass is 9.93. The normalized spacial score (nSPS) is 17.8. The van der Waals surface area contributed by atoms with Crippen molar-refractivity contribution in [3.63, 3.8) is 0 Å². The molecular weight excluding hydrogens is 410 g/mol. The van der Waals surface area contributed by atoms with Gasteiger partial charge in [0, 0.05) is 24.8 Å². The summed E-state index contributed by atoms with van der Waals surface area (Å²) in [6, 6.07) is 11.6. The summed E-state index contributed by atoms with van der Waals surface area (Å²) in [5.74, 6) is -0.467. The maximum absolute atomic E-state index is 13.1. The van der Waals surface area contributed by atoms with Crippen molar-refractivity contribution >= 4 is 17.4 Å². The van der Waals surface area contributed by atoms with Crippen LogP contribution in [0.1, 0.15) is 36.6 Å². The van der Waals surface area contributed by atoms with Crippen molar-refractivity contribution in [3.05, 3.63) is 64.7 Å². The standard InChI is InChI=1S/C25H29NO6/c1-15(2)32-20-9-7-6-8-19(20)22-21(24(28)25(29)26(22)12-13-30-4)23(27)18-11-10-17(31-5)14-16(18)3/h6-11,14-15,22,27H,12-13H2,1-5H3/b23-21-. The number of aryl methyl sites for hydroxylation is 1. The molecule has 0 bridgehead atoms. The van der Waals surface area contributed by atoms with E-state index in [1.54, 1.807) is 31.4 Å². The Morgan fingerprint density at radius 3 is 2.47 bits per heavy atom. The average Bonchev–Trinajstić information content (AvgIpc) is 3.01. The summed E-state index contributed by atoms with van der Waals surface area (Å²) in [4.78, 5) is 27.5. The molecule has 1 fully saturated rings. The molecular formula is C25H29NO6. The number of aliphatic hydroxyl groups excluding tert-OH is 1. The van der Waals surface area contributed by atoms with Gasteiger partial charge in [-0.3, -0.25) is 9.59 Å². The van der Waals surface area contributed by atoms with Gasteiger partial charge in [0.15, 0.2) is 0 Å². The summed E-state index contributed by atoms with van der Waals surface area (Å²) in [6.45, 7) is 6.06. The van der Waals surface area contributed by atoms with E-state index in [0.717, 1.165) is 5.56 Å². The number of ketones is 1. The van der Waals surface area contributed by atoms with Crippen molar-refractivity contribution < 1.29 is 28.9 Å². The van der Waals surface area contributed by atoms with Crippen molar-refractivity contribution in [1.29, 1.82) is 0 Å². The van der Waals surface area contributed by atoms with Crippen LogP contribution in [-0.4, -0.2) is 55.2 Å². The molecule has 170 valence electrons. The Morgan fingerprint density at radius 2 is 1.84 bits per heavy atom. The van der Waals surface area contributed by atoms with Gasteiger partial charge in [0.1, 0.15) is 17.3 Å². The highest BCUT2D eigenvalue weighted by Crippen LogP contribution is 2.43. The molecule has 1 heterocycles. The van der Waals surface area contributed by atoms with E-state index in [-0.39, 0.29) is 30.6 Å². The van der Waals surface area contributed by atoms with Gasteiger partial charge in [0.05, 0.1) is 31.4 Å². The Bertz CT molecular complexity index is 1040. The van der Waals surface area contributed by atoms with Gasteiger partial charge in [0.2, 0.25) is 0 Å². The maximum Gasteiger partial charge on any atom is 0.295 e. The Kier molecular flexibility index (Phi) is 7.20. The first kappa shape index (κ1) is 23.3. The molecule has 0 saturated carbocycles. The van der Waals surface area contributed by atoms with Crippen LogP contribution in [0.3, 0.4) is 0 Å². The third-order valence-electron chi connectivity index (χ3n) is 5.34. The van der Waals surface area contributed by atoms with Crippen molar-refractivity contribution in [2.24, 2.45) is 0 Å². The van der Waals surface area contributed by atoms with Crippen LogP contribution in [0.25, 0.3) is 5.76 Å². The van der Waals surface area contributed by atoms with Gasteiger partial charge in [-0.25, -0.2) is 0 Å². The molecule has 0 aromatic heterocycles. The molecule has 1 atom stereocenters. The van der Waals surface area contributed by atoms with Crippen LogP contribution >= 0.6 is 0 Å². The van der Waals surface area contributed by atoms with Gasteiger partial charge in [-0.1, -0.05) is 18.2 Å². The molecule has 7 nitrogen and oxygen atoms in total.